The molecule has 1 aliphatic heterocycles. The van der Waals surface area contributed by atoms with Crippen LogP contribution in [0.4, 0.5) is 0 Å². The van der Waals surface area contributed by atoms with Crippen molar-refractivity contribution in [2.45, 2.75) is 11.4 Å². The summed E-state index contributed by atoms with van der Waals surface area (Å²) in [6.45, 7) is 0. The van der Waals surface area contributed by atoms with Crippen LogP contribution in [0.1, 0.15) is 0 Å². The van der Waals surface area contributed by atoms with Crippen LogP contribution in [0.25, 0.3) is 0 Å². The van der Waals surface area contributed by atoms with E-state index in [9.17, 15) is 0 Å². The minimum atomic E-state index is -0.215. The average Bonchev–Trinajstić information content (AvgIpc) is 1.91. The van der Waals surface area contributed by atoms with Gasteiger partial charge in [0.2, 0.25) is 0 Å². The summed E-state index contributed by atoms with van der Waals surface area (Å²) in [5.41, 5.74) is 0. The molecule has 1 heterocycles. The van der Waals surface area contributed by atoms with E-state index in [1.165, 1.54) is 0 Å². The first-order valence-electron chi connectivity index (χ1n) is 2.12. The van der Waals surface area contributed by atoms with Gasteiger partial charge in [-0.2, -0.15) is 24.4 Å². The Morgan fingerprint density at radius 3 is 2.71 bits per heavy atom. The quantitative estimate of drug-likeness (QED) is 0.473. The van der Waals surface area contributed by atoms with Crippen LogP contribution in [0.15, 0.2) is 0 Å². The highest BCUT2D eigenvalue weighted by atomic mass is 32.2. The Labute approximate surface area is 52.9 Å². The zero-order valence-electron chi connectivity index (χ0n) is 3.74. The van der Waals surface area contributed by atoms with Gasteiger partial charge >= 0.3 is 0 Å². The number of aliphatic hydroxyl groups excluding tert-OH is 1. The number of thioether (sulfide) groups is 1. The van der Waals surface area contributed by atoms with Crippen LogP contribution in [0, 0.1) is 5.75 Å². The van der Waals surface area contributed by atoms with Crippen molar-refractivity contribution < 1.29 is 5.11 Å². The van der Waals surface area contributed by atoms with Crippen molar-refractivity contribution in [1.29, 1.82) is 0 Å². The minimum Gasteiger partial charge on any atom is -0.391 e. The summed E-state index contributed by atoms with van der Waals surface area (Å²) >= 11 is 5.70. The second-order valence-corrected chi connectivity index (χ2v) is 3.06. The molecule has 0 aliphatic carbocycles. The maximum Gasteiger partial charge on any atom is 0.0757 e. The minimum absolute atomic E-state index is 0.102. The fourth-order valence-corrected chi connectivity index (χ4v) is 1.84. The highest BCUT2D eigenvalue weighted by Gasteiger charge is 2.21. The average molecular weight is 135 g/mol. The molecule has 0 saturated carbocycles. The lowest BCUT2D eigenvalue weighted by Crippen LogP contribution is -2.15. The molecule has 1 fully saturated rings. The third-order valence-electron chi connectivity index (χ3n) is 0.897. The Balaban J connectivity index is 2.33. The molecular weight excluding hydrogens is 128 g/mol. The van der Waals surface area contributed by atoms with Crippen molar-refractivity contribution in [3.05, 3.63) is 5.75 Å². The van der Waals surface area contributed by atoms with E-state index in [1.807, 2.05) is 5.75 Å². The molecule has 1 N–H and O–H groups in total. The molecule has 0 aromatic heterocycles. The van der Waals surface area contributed by atoms with E-state index < -0.39 is 0 Å². The zero-order chi connectivity index (χ0) is 5.28. The summed E-state index contributed by atoms with van der Waals surface area (Å²) in [6, 6.07) is 0. The Hall–Kier alpha value is 0.660. The van der Waals surface area contributed by atoms with Gasteiger partial charge in [-0.25, -0.2) is 0 Å². The van der Waals surface area contributed by atoms with Gasteiger partial charge in [-0.1, -0.05) is 0 Å². The summed E-state index contributed by atoms with van der Waals surface area (Å²) in [5.74, 6) is 2.77. The molecule has 1 aliphatic rings. The molecule has 0 aromatic carbocycles. The second kappa shape index (κ2) is 2.29. The molecule has 41 valence electrons. The van der Waals surface area contributed by atoms with Gasteiger partial charge in [0.05, 0.1) is 6.10 Å². The SMILES string of the molecule is OC1CS[CH]C1S. The number of thiol groups is 1. The first kappa shape index (κ1) is 5.79. The van der Waals surface area contributed by atoms with Crippen LogP contribution < -0.4 is 0 Å². The highest BCUT2D eigenvalue weighted by Crippen LogP contribution is 2.26. The lowest BCUT2D eigenvalue weighted by atomic mass is 10.3. The van der Waals surface area contributed by atoms with E-state index in [1.54, 1.807) is 11.8 Å². The molecule has 1 nitrogen and oxygen atoms in total. The van der Waals surface area contributed by atoms with Crippen LogP contribution in [-0.4, -0.2) is 22.2 Å². The maximum atomic E-state index is 8.87. The van der Waals surface area contributed by atoms with Crippen LogP contribution in [0.3, 0.4) is 0 Å². The summed E-state index contributed by atoms with van der Waals surface area (Å²) in [4.78, 5) is 0. The Morgan fingerprint density at radius 2 is 2.57 bits per heavy atom. The second-order valence-electron chi connectivity index (χ2n) is 1.53. The summed E-state index contributed by atoms with van der Waals surface area (Å²) < 4.78 is 0. The third kappa shape index (κ3) is 1.27. The zero-order valence-corrected chi connectivity index (χ0v) is 5.45. The van der Waals surface area contributed by atoms with Crippen molar-refractivity contribution in [1.82, 2.24) is 0 Å². The Kier molecular flexibility index (Phi) is 1.89. The largest absolute Gasteiger partial charge is 0.391 e. The van der Waals surface area contributed by atoms with Crippen molar-refractivity contribution in [2.75, 3.05) is 5.75 Å². The molecule has 3 heteroatoms. The van der Waals surface area contributed by atoms with Crippen LogP contribution in [0.2, 0.25) is 0 Å². The molecule has 1 rings (SSSR count). The van der Waals surface area contributed by atoms with E-state index in [0.717, 1.165) is 5.75 Å². The van der Waals surface area contributed by atoms with E-state index in [-0.39, 0.29) is 11.4 Å². The molecule has 2 unspecified atom stereocenters. The predicted molar refractivity (Wildman–Crippen MR) is 35.5 cm³/mol. The lowest BCUT2D eigenvalue weighted by Gasteiger charge is -2.01. The number of rotatable bonds is 0. The topological polar surface area (TPSA) is 20.2 Å². The molecule has 2 atom stereocenters. The monoisotopic (exact) mass is 135 g/mol. The van der Waals surface area contributed by atoms with Gasteiger partial charge in [-0.15, -0.1) is 0 Å². The molecule has 0 amide bonds. The first-order chi connectivity index (χ1) is 3.30. The van der Waals surface area contributed by atoms with E-state index >= 15 is 0 Å². The van der Waals surface area contributed by atoms with Gasteiger partial charge in [-0.05, 0) is 0 Å². The third-order valence-corrected chi connectivity index (χ3v) is 2.61. The number of hydrogen-bond acceptors (Lipinski definition) is 3. The van der Waals surface area contributed by atoms with E-state index in [2.05, 4.69) is 12.6 Å². The molecule has 0 aromatic rings. The molecule has 0 spiro atoms. The molecule has 1 radical (unpaired) electrons. The number of hydrogen-bond donors (Lipinski definition) is 2. The van der Waals surface area contributed by atoms with Crippen LogP contribution in [-0.2, 0) is 0 Å². The van der Waals surface area contributed by atoms with Crippen molar-refractivity contribution in [2.24, 2.45) is 0 Å². The molecular formula is C4H7OS2. The van der Waals surface area contributed by atoms with E-state index in [0.29, 0.717) is 0 Å². The van der Waals surface area contributed by atoms with Crippen molar-refractivity contribution in [3.63, 3.8) is 0 Å². The van der Waals surface area contributed by atoms with Gasteiger partial charge in [0.1, 0.15) is 0 Å². The van der Waals surface area contributed by atoms with Gasteiger partial charge in [0.15, 0.2) is 0 Å². The van der Waals surface area contributed by atoms with Gasteiger partial charge in [0, 0.05) is 16.8 Å². The fourth-order valence-electron chi connectivity index (χ4n) is 0.442. The first-order valence-corrected chi connectivity index (χ1v) is 3.68. The Bertz CT molecular complexity index is 58.7. The van der Waals surface area contributed by atoms with Crippen molar-refractivity contribution in [3.8, 4) is 0 Å². The van der Waals surface area contributed by atoms with Gasteiger partial charge in [0.25, 0.3) is 0 Å². The predicted octanol–water partition coefficient (Wildman–Crippen LogP) is 0.554. The number of aliphatic hydroxyl groups is 1. The maximum absolute atomic E-state index is 8.87. The Morgan fingerprint density at radius 1 is 1.86 bits per heavy atom. The summed E-state index contributed by atoms with van der Waals surface area (Å²) in [5, 5.41) is 8.97. The highest BCUT2D eigenvalue weighted by molar-refractivity contribution is 8.02. The smallest absolute Gasteiger partial charge is 0.0757 e. The molecule has 7 heavy (non-hydrogen) atoms. The fraction of sp³-hybridized carbons (Fsp3) is 0.750. The van der Waals surface area contributed by atoms with Crippen LogP contribution in [0.5, 0.6) is 0 Å². The summed E-state index contributed by atoms with van der Waals surface area (Å²) in [7, 11) is 0. The van der Waals surface area contributed by atoms with Crippen molar-refractivity contribution >= 4 is 24.4 Å². The van der Waals surface area contributed by atoms with Crippen LogP contribution >= 0.6 is 24.4 Å². The molecule has 0 bridgehead atoms. The summed E-state index contributed by atoms with van der Waals surface area (Å²) in [6.07, 6.45) is -0.215. The van der Waals surface area contributed by atoms with E-state index in [4.69, 9.17) is 5.11 Å². The standard InChI is InChI=1S/C4H7OS2/c5-3-1-7-2-4(3)6/h2-6H,1H2. The lowest BCUT2D eigenvalue weighted by molar-refractivity contribution is 0.212. The van der Waals surface area contributed by atoms with Gasteiger partial charge in [-0.3, -0.25) is 0 Å². The van der Waals surface area contributed by atoms with Gasteiger partial charge < -0.3 is 5.11 Å². The normalized spacial score (nSPS) is 42.0. The molecule has 1 saturated heterocycles.